The van der Waals surface area contributed by atoms with Crippen LogP contribution in [0.4, 0.5) is 5.69 Å². The first kappa shape index (κ1) is 27.8. The molecule has 0 saturated carbocycles. The van der Waals surface area contributed by atoms with Crippen molar-refractivity contribution in [3.63, 3.8) is 0 Å². The second kappa shape index (κ2) is 11.8. The Morgan fingerprint density at radius 3 is 1.93 bits per heavy atom. The molecule has 1 atom stereocenters. The number of halogens is 1. The standard InChI is InChI=1S/C30H28ClN3O4PS/c1-22(32-30-33-27-18-17-23(31)19-28(27)40(36,37)34-30)20-38-29(35)21-39(24-11-5-2-6-12-24,25-13-7-3-8-14-25)26-15-9-4-10-16-26/h2-19,22H,20-21H2,1H3,(H2,32,33,34)/q+1/t22-/m1/s1. The molecular formula is C30H28ClN3O4PS+. The SMILES string of the molecule is C[C@H](COC(=O)C[P+](c1ccccc1)(c1ccccc1)c1ccccc1)N=C1Nc2ccc(Cl)cc2S(=O)(=O)N1. The summed E-state index contributed by atoms with van der Waals surface area (Å²) in [6.07, 6.45) is 0.174. The first-order chi connectivity index (χ1) is 19.3. The molecule has 4 aromatic rings. The van der Waals surface area contributed by atoms with Gasteiger partial charge in [0.15, 0.2) is 6.16 Å². The quantitative estimate of drug-likeness (QED) is 0.235. The minimum Gasteiger partial charge on any atom is -0.461 e. The van der Waals surface area contributed by atoms with Crippen LogP contribution in [0, 0.1) is 0 Å². The summed E-state index contributed by atoms with van der Waals surface area (Å²) >= 11 is 5.96. The van der Waals surface area contributed by atoms with Crippen LogP contribution >= 0.6 is 18.9 Å². The number of nitrogens with zero attached hydrogens (tertiary/aromatic N) is 1. The van der Waals surface area contributed by atoms with Gasteiger partial charge in [0, 0.05) is 5.02 Å². The lowest BCUT2D eigenvalue weighted by atomic mass is 10.3. The topological polar surface area (TPSA) is 96.9 Å². The van der Waals surface area contributed by atoms with Gasteiger partial charge in [0.1, 0.15) is 34.7 Å². The Labute approximate surface area is 239 Å². The third-order valence-corrected chi connectivity index (χ3v) is 12.4. The van der Waals surface area contributed by atoms with Gasteiger partial charge in [-0.25, -0.2) is 22.9 Å². The highest BCUT2D eigenvalue weighted by molar-refractivity contribution is 7.96. The van der Waals surface area contributed by atoms with Gasteiger partial charge in [0.05, 0.1) is 11.7 Å². The van der Waals surface area contributed by atoms with Crippen molar-refractivity contribution in [2.24, 2.45) is 4.99 Å². The number of rotatable bonds is 8. The molecule has 10 heteroatoms. The number of anilines is 1. The molecule has 1 aliphatic rings. The molecule has 0 aliphatic carbocycles. The van der Waals surface area contributed by atoms with E-state index in [0.717, 1.165) is 15.9 Å². The Morgan fingerprint density at radius 2 is 1.40 bits per heavy atom. The predicted molar refractivity (Wildman–Crippen MR) is 163 cm³/mol. The average Bonchev–Trinajstić information content (AvgIpc) is 2.96. The molecule has 7 nitrogen and oxygen atoms in total. The summed E-state index contributed by atoms with van der Waals surface area (Å²) in [6, 6.07) is 34.3. The molecule has 0 spiro atoms. The second-order valence-electron chi connectivity index (χ2n) is 9.36. The van der Waals surface area contributed by atoms with Gasteiger partial charge in [0.25, 0.3) is 10.0 Å². The van der Waals surface area contributed by atoms with Gasteiger partial charge >= 0.3 is 5.97 Å². The number of guanidine groups is 1. The van der Waals surface area contributed by atoms with Crippen molar-refractivity contribution in [2.45, 2.75) is 17.9 Å². The Hall–Kier alpha value is -3.71. The van der Waals surface area contributed by atoms with E-state index in [1.54, 1.807) is 19.1 Å². The van der Waals surface area contributed by atoms with Gasteiger partial charge in [-0.1, -0.05) is 66.2 Å². The number of fused-ring (bicyclic) bond motifs is 1. The average molecular weight is 593 g/mol. The maximum absolute atomic E-state index is 13.5. The minimum absolute atomic E-state index is 0.0163. The van der Waals surface area contributed by atoms with E-state index in [2.05, 4.69) is 51.4 Å². The fourth-order valence-corrected chi connectivity index (χ4v) is 10.1. The molecule has 40 heavy (non-hydrogen) atoms. The Kier molecular flexibility index (Phi) is 8.22. The van der Waals surface area contributed by atoms with Gasteiger partial charge in [-0.15, -0.1) is 0 Å². The van der Waals surface area contributed by atoms with Crippen LogP contribution in [0.3, 0.4) is 0 Å². The smallest absolute Gasteiger partial charge is 0.345 e. The van der Waals surface area contributed by atoms with Crippen LogP contribution in [-0.4, -0.2) is 39.2 Å². The molecule has 1 aliphatic heterocycles. The lowest BCUT2D eigenvalue weighted by Crippen LogP contribution is -2.41. The Balaban J connectivity index is 1.38. The number of hydrogen-bond acceptors (Lipinski definition) is 5. The van der Waals surface area contributed by atoms with E-state index in [-0.39, 0.29) is 29.6 Å². The van der Waals surface area contributed by atoms with E-state index in [0.29, 0.717) is 10.7 Å². The van der Waals surface area contributed by atoms with E-state index >= 15 is 0 Å². The third kappa shape index (κ3) is 5.89. The molecular weight excluding hydrogens is 565 g/mol. The number of carbonyl (C=O) groups is 1. The number of sulfonamides is 1. The van der Waals surface area contributed by atoms with Crippen molar-refractivity contribution < 1.29 is 17.9 Å². The molecule has 0 radical (unpaired) electrons. The van der Waals surface area contributed by atoms with E-state index < -0.39 is 23.3 Å². The van der Waals surface area contributed by atoms with Gasteiger partial charge < -0.3 is 10.1 Å². The number of nitrogens with one attached hydrogen (secondary N) is 2. The fourth-order valence-electron chi connectivity index (χ4n) is 4.69. The molecule has 0 aromatic heterocycles. The highest BCUT2D eigenvalue weighted by Crippen LogP contribution is 2.55. The third-order valence-electron chi connectivity index (χ3n) is 6.51. The highest BCUT2D eigenvalue weighted by atomic mass is 35.5. The molecule has 204 valence electrons. The zero-order valence-corrected chi connectivity index (χ0v) is 24.2. The summed E-state index contributed by atoms with van der Waals surface area (Å²) in [4.78, 5) is 17.9. The molecule has 0 bridgehead atoms. The van der Waals surface area contributed by atoms with Crippen molar-refractivity contribution in [3.05, 3.63) is 114 Å². The summed E-state index contributed by atoms with van der Waals surface area (Å²) in [5.74, 6) is -0.299. The number of ether oxygens (including phenoxy) is 1. The number of esters is 1. The predicted octanol–water partition coefficient (Wildman–Crippen LogP) is 4.33. The summed E-state index contributed by atoms with van der Waals surface area (Å²) in [6.45, 7) is 1.74. The first-order valence-corrected chi connectivity index (χ1v) is 16.5. The van der Waals surface area contributed by atoms with Crippen molar-refractivity contribution in [3.8, 4) is 0 Å². The van der Waals surface area contributed by atoms with Crippen molar-refractivity contribution >= 4 is 62.4 Å². The van der Waals surface area contributed by atoms with E-state index in [9.17, 15) is 13.2 Å². The summed E-state index contributed by atoms with van der Waals surface area (Å²) in [5.41, 5.74) is 0.370. The van der Waals surface area contributed by atoms with Gasteiger partial charge in [-0.05, 0) is 61.5 Å². The van der Waals surface area contributed by atoms with Crippen LogP contribution in [0.1, 0.15) is 6.92 Å². The van der Waals surface area contributed by atoms with Crippen molar-refractivity contribution in [1.82, 2.24) is 4.72 Å². The van der Waals surface area contributed by atoms with Crippen LogP contribution in [0.2, 0.25) is 5.02 Å². The monoisotopic (exact) mass is 592 g/mol. The fraction of sp³-hybridized carbons (Fsp3) is 0.133. The maximum Gasteiger partial charge on any atom is 0.345 e. The molecule has 0 saturated heterocycles. The molecule has 2 N–H and O–H groups in total. The van der Waals surface area contributed by atoms with Gasteiger partial charge in [0.2, 0.25) is 5.96 Å². The number of carbonyl (C=O) groups excluding carboxylic acids is 1. The molecule has 0 unspecified atom stereocenters. The first-order valence-electron chi connectivity index (χ1n) is 12.7. The largest absolute Gasteiger partial charge is 0.461 e. The van der Waals surface area contributed by atoms with Crippen LogP contribution in [0.25, 0.3) is 0 Å². The van der Waals surface area contributed by atoms with Crippen molar-refractivity contribution in [2.75, 3.05) is 18.1 Å². The summed E-state index contributed by atoms with van der Waals surface area (Å²) in [5, 5.41) is 6.52. The molecule has 5 rings (SSSR count). The maximum atomic E-state index is 13.5. The zero-order valence-electron chi connectivity index (χ0n) is 21.7. The molecule has 0 fully saturated rings. The number of hydrogen-bond donors (Lipinski definition) is 2. The summed E-state index contributed by atoms with van der Waals surface area (Å²) in [7, 11) is -6.22. The van der Waals surface area contributed by atoms with E-state index in [1.807, 2.05) is 54.6 Å². The van der Waals surface area contributed by atoms with Crippen LogP contribution < -0.4 is 26.0 Å². The van der Waals surface area contributed by atoms with Crippen LogP contribution in [0.5, 0.6) is 0 Å². The molecule has 1 heterocycles. The second-order valence-corrected chi connectivity index (χ2v) is 14.9. The molecule has 4 aromatic carbocycles. The number of aliphatic imine (C=N–C) groups is 1. The normalized spacial score (nSPS) is 15.8. The molecule has 0 amide bonds. The van der Waals surface area contributed by atoms with Gasteiger partial charge in [-0.3, -0.25) is 0 Å². The zero-order chi connectivity index (χ0) is 28.2. The number of benzene rings is 4. The Bertz CT molecular complexity index is 1540. The van der Waals surface area contributed by atoms with E-state index in [1.165, 1.54) is 6.07 Å². The Morgan fingerprint density at radius 1 is 0.875 bits per heavy atom. The lowest BCUT2D eigenvalue weighted by Gasteiger charge is -2.27. The van der Waals surface area contributed by atoms with E-state index in [4.69, 9.17) is 16.3 Å². The van der Waals surface area contributed by atoms with Crippen molar-refractivity contribution in [1.29, 1.82) is 0 Å². The highest BCUT2D eigenvalue weighted by Gasteiger charge is 2.47. The lowest BCUT2D eigenvalue weighted by molar-refractivity contribution is -0.140. The van der Waals surface area contributed by atoms with Gasteiger partial charge in [-0.2, -0.15) is 0 Å². The van der Waals surface area contributed by atoms with Crippen LogP contribution in [-0.2, 0) is 19.6 Å². The summed E-state index contributed by atoms with van der Waals surface area (Å²) < 4.78 is 33.5. The van der Waals surface area contributed by atoms with Crippen LogP contribution in [0.15, 0.2) is 119 Å². The minimum atomic E-state index is -3.84.